The normalized spacial score (nSPS) is 34.9. The SMILES string of the molecule is C=CCO[C@]1(CC=C)C[C@@H]2O[C@H](c3ccccc3)OC[C@H]2O[C@@H]1OC. The van der Waals surface area contributed by atoms with Gasteiger partial charge in [0.05, 0.1) is 19.3 Å². The monoisotopic (exact) mass is 346 g/mol. The van der Waals surface area contributed by atoms with Crippen LogP contribution in [0.25, 0.3) is 0 Å². The van der Waals surface area contributed by atoms with Crippen LogP contribution in [0.2, 0.25) is 0 Å². The van der Waals surface area contributed by atoms with Crippen molar-refractivity contribution in [1.82, 2.24) is 0 Å². The highest BCUT2D eigenvalue weighted by Gasteiger charge is 2.52. The molecule has 0 unspecified atom stereocenters. The van der Waals surface area contributed by atoms with Gasteiger partial charge in [-0.05, 0) is 6.42 Å². The molecule has 1 aromatic carbocycles. The van der Waals surface area contributed by atoms with E-state index in [9.17, 15) is 0 Å². The molecular weight excluding hydrogens is 320 g/mol. The minimum atomic E-state index is -0.648. The smallest absolute Gasteiger partial charge is 0.187 e. The van der Waals surface area contributed by atoms with Gasteiger partial charge in [-0.15, -0.1) is 13.2 Å². The molecule has 0 amide bonds. The van der Waals surface area contributed by atoms with Gasteiger partial charge in [0.25, 0.3) is 0 Å². The summed E-state index contributed by atoms with van der Waals surface area (Å²) in [5, 5.41) is 0. The van der Waals surface area contributed by atoms with Crippen molar-refractivity contribution in [2.75, 3.05) is 20.3 Å². The maximum absolute atomic E-state index is 6.21. The second-order valence-corrected chi connectivity index (χ2v) is 6.35. The Morgan fingerprint density at radius 2 is 1.96 bits per heavy atom. The van der Waals surface area contributed by atoms with E-state index >= 15 is 0 Å². The highest BCUT2D eigenvalue weighted by molar-refractivity contribution is 5.16. The van der Waals surface area contributed by atoms with E-state index in [1.807, 2.05) is 36.4 Å². The van der Waals surface area contributed by atoms with Crippen molar-refractivity contribution >= 4 is 0 Å². The van der Waals surface area contributed by atoms with Crippen LogP contribution in [0.5, 0.6) is 0 Å². The van der Waals surface area contributed by atoms with Gasteiger partial charge in [0.2, 0.25) is 0 Å². The van der Waals surface area contributed by atoms with Crippen molar-refractivity contribution in [2.24, 2.45) is 0 Å². The summed E-state index contributed by atoms with van der Waals surface area (Å²) in [5.74, 6) is 0. The number of fused-ring (bicyclic) bond motifs is 1. The molecule has 3 rings (SSSR count). The predicted molar refractivity (Wildman–Crippen MR) is 94.0 cm³/mol. The lowest BCUT2D eigenvalue weighted by molar-refractivity contribution is -0.360. The Morgan fingerprint density at radius 1 is 1.16 bits per heavy atom. The lowest BCUT2D eigenvalue weighted by Crippen LogP contribution is -2.61. The fourth-order valence-electron chi connectivity index (χ4n) is 3.49. The van der Waals surface area contributed by atoms with Gasteiger partial charge in [0, 0.05) is 19.1 Å². The Balaban J connectivity index is 1.78. The molecule has 0 radical (unpaired) electrons. The molecule has 0 N–H and O–H groups in total. The van der Waals surface area contributed by atoms with Gasteiger partial charge in [-0.25, -0.2) is 0 Å². The standard InChI is InChI=1S/C20H26O5/c1-4-11-20(23-12-5-2)13-16-17(25-19(20)21-3)14-22-18(24-16)15-9-7-6-8-10-15/h4-10,16-19H,1-2,11-14H2,3H3/t16-,17+,18+,19-,20+/m0/s1. The van der Waals surface area contributed by atoms with Crippen LogP contribution in [0.15, 0.2) is 55.6 Å². The molecule has 0 aliphatic carbocycles. The fourth-order valence-corrected chi connectivity index (χ4v) is 3.49. The van der Waals surface area contributed by atoms with Crippen molar-refractivity contribution in [3.8, 4) is 0 Å². The average molecular weight is 346 g/mol. The summed E-state index contributed by atoms with van der Waals surface area (Å²) in [7, 11) is 1.62. The first-order chi connectivity index (χ1) is 12.2. The van der Waals surface area contributed by atoms with Gasteiger partial charge in [-0.2, -0.15) is 0 Å². The molecule has 2 saturated heterocycles. The van der Waals surface area contributed by atoms with Crippen molar-refractivity contribution in [3.63, 3.8) is 0 Å². The number of hydrogen-bond donors (Lipinski definition) is 0. The van der Waals surface area contributed by atoms with E-state index in [2.05, 4.69) is 13.2 Å². The predicted octanol–water partition coefficient (Wildman–Crippen LogP) is 3.38. The molecule has 0 aromatic heterocycles. The molecule has 2 fully saturated rings. The number of rotatable bonds is 7. The van der Waals surface area contributed by atoms with Gasteiger partial charge in [-0.1, -0.05) is 42.5 Å². The van der Waals surface area contributed by atoms with E-state index in [-0.39, 0.29) is 12.2 Å². The van der Waals surface area contributed by atoms with Crippen LogP contribution in [0.4, 0.5) is 0 Å². The van der Waals surface area contributed by atoms with E-state index in [1.165, 1.54) is 0 Å². The van der Waals surface area contributed by atoms with Crippen molar-refractivity contribution in [3.05, 3.63) is 61.2 Å². The lowest BCUT2D eigenvalue weighted by atomic mass is 9.86. The first-order valence-electron chi connectivity index (χ1n) is 8.58. The van der Waals surface area contributed by atoms with Crippen LogP contribution in [-0.2, 0) is 23.7 Å². The zero-order valence-corrected chi connectivity index (χ0v) is 14.6. The van der Waals surface area contributed by atoms with Crippen LogP contribution < -0.4 is 0 Å². The molecule has 0 spiro atoms. The largest absolute Gasteiger partial charge is 0.365 e. The van der Waals surface area contributed by atoms with E-state index < -0.39 is 18.2 Å². The Labute approximate surface area is 149 Å². The summed E-state index contributed by atoms with van der Waals surface area (Å²) >= 11 is 0. The molecule has 2 aliphatic rings. The number of benzene rings is 1. The molecule has 5 atom stereocenters. The summed E-state index contributed by atoms with van der Waals surface area (Å²) < 4.78 is 29.8. The molecule has 5 heteroatoms. The van der Waals surface area contributed by atoms with Gasteiger partial charge in [0.15, 0.2) is 12.6 Å². The van der Waals surface area contributed by atoms with Gasteiger partial charge >= 0.3 is 0 Å². The van der Waals surface area contributed by atoms with Crippen molar-refractivity contribution < 1.29 is 23.7 Å². The Morgan fingerprint density at radius 3 is 2.64 bits per heavy atom. The van der Waals surface area contributed by atoms with E-state index in [1.54, 1.807) is 13.2 Å². The molecule has 136 valence electrons. The third-order valence-corrected chi connectivity index (χ3v) is 4.66. The number of ether oxygens (including phenoxy) is 5. The van der Waals surface area contributed by atoms with Crippen molar-refractivity contribution in [1.29, 1.82) is 0 Å². The molecular formula is C20H26O5. The summed E-state index contributed by atoms with van der Waals surface area (Å²) in [6.07, 6.45) is 3.56. The van der Waals surface area contributed by atoms with Crippen LogP contribution >= 0.6 is 0 Å². The molecule has 25 heavy (non-hydrogen) atoms. The zero-order chi connectivity index (χ0) is 17.7. The third kappa shape index (κ3) is 3.86. The van der Waals surface area contributed by atoms with E-state index in [0.717, 1.165) is 5.56 Å². The first kappa shape index (κ1) is 18.3. The summed E-state index contributed by atoms with van der Waals surface area (Å²) in [6.45, 7) is 8.46. The molecule has 1 aromatic rings. The molecule has 0 bridgehead atoms. The van der Waals surface area contributed by atoms with E-state index in [0.29, 0.717) is 26.1 Å². The van der Waals surface area contributed by atoms with Gasteiger partial charge < -0.3 is 23.7 Å². The second-order valence-electron chi connectivity index (χ2n) is 6.35. The minimum absolute atomic E-state index is 0.143. The lowest BCUT2D eigenvalue weighted by Gasteiger charge is -2.50. The molecule has 5 nitrogen and oxygen atoms in total. The summed E-state index contributed by atoms with van der Waals surface area (Å²) in [5.41, 5.74) is 0.348. The molecule has 0 saturated carbocycles. The maximum Gasteiger partial charge on any atom is 0.187 e. The quantitative estimate of drug-likeness (QED) is 0.708. The fraction of sp³-hybridized carbons (Fsp3) is 0.500. The average Bonchev–Trinajstić information content (AvgIpc) is 2.66. The molecule has 2 heterocycles. The Bertz CT molecular complexity index is 575. The summed E-state index contributed by atoms with van der Waals surface area (Å²) in [4.78, 5) is 0. The van der Waals surface area contributed by atoms with Crippen molar-refractivity contribution in [2.45, 2.75) is 43.2 Å². The highest BCUT2D eigenvalue weighted by atomic mass is 16.8. The highest BCUT2D eigenvalue weighted by Crippen LogP contribution is 2.41. The maximum atomic E-state index is 6.21. The van der Waals surface area contributed by atoms with Crippen LogP contribution in [0, 0.1) is 0 Å². The second kappa shape index (κ2) is 8.25. The summed E-state index contributed by atoms with van der Waals surface area (Å²) in [6, 6.07) is 9.92. The first-order valence-corrected chi connectivity index (χ1v) is 8.58. The Kier molecular flexibility index (Phi) is 6.04. The van der Waals surface area contributed by atoms with Crippen LogP contribution in [0.1, 0.15) is 24.7 Å². The number of methoxy groups -OCH3 is 1. The third-order valence-electron chi connectivity index (χ3n) is 4.66. The topological polar surface area (TPSA) is 46.2 Å². The Hall–Kier alpha value is -1.50. The van der Waals surface area contributed by atoms with Gasteiger partial charge in [0.1, 0.15) is 11.7 Å². The minimum Gasteiger partial charge on any atom is -0.365 e. The zero-order valence-electron chi connectivity index (χ0n) is 14.6. The van der Waals surface area contributed by atoms with E-state index in [4.69, 9.17) is 23.7 Å². The van der Waals surface area contributed by atoms with Crippen LogP contribution in [-0.4, -0.2) is 44.4 Å². The number of hydrogen-bond acceptors (Lipinski definition) is 5. The molecule has 2 aliphatic heterocycles. The van der Waals surface area contributed by atoms with Gasteiger partial charge in [-0.3, -0.25) is 0 Å². The van der Waals surface area contributed by atoms with Crippen LogP contribution in [0.3, 0.4) is 0 Å².